The van der Waals surface area contributed by atoms with Crippen molar-refractivity contribution >= 4 is 24.0 Å². The SMILES string of the molecule is CC[C@H](N)c1nc(-c2cc(Cl)c(OC)c(OC)c2)no1.Cl. The van der Waals surface area contributed by atoms with Crippen LogP contribution in [0, 0.1) is 0 Å². The van der Waals surface area contributed by atoms with Crippen LogP contribution in [0.4, 0.5) is 0 Å². The fourth-order valence-electron chi connectivity index (χ4n) is 1.72. The highest BCUT2D eigenvalue weighted by molar-refractivity contribution is 6.32. The Kier molecular flexibility index (Phi) is 6.26. The van der Waals surface area contributed by atoms with Crippen LogP contribution in [0.5, 0.6) is 11.5 Å². The van der Waals surface area contributed by atoms with Gasteiger partial charge in [0.2, 0.25) is 11.7 Å². The van der Waals surface area contributed by atoms with Gasteiger partial charge in [-0.25, -0.2) is 0 Å². The smallest absolute Gasteiger partial charge is 0.243 e. The fraction of sp³-hybridized carbons (Fsp3) is 0.385. The molecule has 116 valence electrons. The lowest BCUT2D eigenvalue weighted by atomic mass is 10.2. The van der Waals surface area contributed by atoms with Crippen molar-refractivity contribution in [3.8, 4) is 22.9 Å². The zero-order valence-corrected chi connectivity index (χ0v) is 13.5. The summed E-state index contributed by atoms with van der Waals surface area (Å²) in [4.78, 5) is 4.27. The van der Waals surface area contributed by atoms with Gasteiger partial charge in [0.05, 0.1) is 25.3 Å². The number of ether oxygens (including phenoxy) is 2. The van der Waals surface area contributed by atoms with Gasteiger partial charge < -0.3 is 19.7 Å². The Morgan fingerprint density at radius 3 is 2.62 bits per heavy atom. The summed E-state index contributed by atoms with van der Waals surface area (Å²) < 4.78 is 15.6. The normalized spacial score (nSPS) is 11.7. The third kappa shape index (κ3) is 3.58. The van der Waals surface area contributed by atoms with Crippen molar-refractivity contribution in [3.05, 3.63) is 23.0 Å². The quantitative estimate of drug-likeness (QED) is 0.904. The van der Waals surface area contributed by atoms with Crippen molar-refractivity contribution in [3.63, 3.8) is 0 Å². The average molecular weight is 334 g/mol. The number of aromatic nitrogens is 2. The van der Waals surface area contributed by atoms with Gasteiger partial charge in [0, 0.05) is 5.56 Å². The van der Waals surface area contributed by atoms with Crippen LogP contribution in [0.3, 0.4) is 0 Å². The highest BCUT2D eigenvalue weighted by Crippen LogP contribution is 2.38. The summed E-state index contributed by atoms with van der Waals surface area (Å²) in [6, 6.07) is 3.15. The molecule has 1 aromatic carbocycles. The van der Waals surface area contributed by atoms with Gasteiger partial charge in [-0.15, -0.1) is 12.4 Å². The molecule has 0 radical (unpaired) electrons. The first-order valence-corrected chi connectivity index (χ1v) is 6.49. The Bertz CT molecular complexity index is 604. The average Bonchev–Trinajstić information content (AvgIpc) is 2.95. The van der Waals surface area contributed by atoms with E-state index >= 15 is 0 Å². The van der Waals surface area contributed by atoms with Crippen molar-refractivity contribution in [1.82, 2.24) is 10.1 Å². The Balaban J connectivity index is 0.00000220. The van der Waals surface area contributed by atoms with Crippen molar-refractivity contribution in [1.29, 1.82) is 0 Å². The number of nitrogens with zero attached hydrogens (tertiary/aromatic N) is 2. The van der Waals surface area contributed by atoms with Gasteiger partial charge >= 0.3 is 0 Å². The molecular formula is C13H17Cl2N3O3. The van der Waals surface area contributed by atoms with Crippen LogP contribution in [0.2, 0.25) is 5.02 Å². The molecule has 1 aromatic heterocycles. The summed E-state index contributed by atoms with van der Waals surface area (Å²) in [6.07, 6.45) is 0.717. The maximum atomic E-state index is 6.14. The van der Waals surface area contributed by atoms with Gasteiger partial charge in [-0.3, -0.25) is 0 Å². The Morgan fingerprint density at radius 2 is 2.05 bits per heavy atom. The molecule has 0 aliphatic carbocycles. The minimum absolute atomic E-state index is 0. The lowest BCUT2D eigenvalue weighted by Gasteiger charge is -2.10. The Morgan fingerprint density at radius 1 is 1.33 bits per heavy atom. The van der Waals surface area contributed by atoms with Crippen LogP contribution in [0.1, 0.15) is 25.3 Å². The summed E-state index contributed by atoms with van der Waals surface area (Å²) in [5, 5.41) is 4.32. The second kappa shape index (κ2) is 7.49. The molecule has 0 saturated carbocycles. The minimum Gasteiger partial charge on any atom is -0.493 e. The number of rotatable bonds is 5. The first-order chi connectivity index (χ1) is 9.60. The number of hydrogen-bond acceptors (Lipinski definition) is 6. The molecule has 0 fully saturated rings. The first-order valence-electron chi connectivity index (χ1n) is 6.11. The van der Waals surface area contributed by atoms with E-state index in [1.165, 1.54) is 14.2 Å². The zero-order chi connectivity index (χ0) is 14.7. The van der Waals surface area contributed by atoms with E-state index in [-0.39, 0.29) is 18.4 Å². The second-order valence-corrected chi connectivity index (χ2v) is 4.57. The van der Waals surface area contributed by atoms with Crippen LogP contribution in [-0.2, 0) is 0 Å². The van der Waals surface area contributed by atoms with Gasteiger partial charge in [0.15, 0.2) is 11.5 Å². The summed E-state index contributed by atoms with van der Waals surface area (Å²) in [7, 11) is 3.06. The predicted molar refractivity (Wildman–Crippen MR) is 82.3 cm³/mol. The summed E-state index contributed by atoms with van der Waals surface area (Å²) in [5.74, 6) is 1.77. The van der Waals surface area contributed by atoms with E-state index in [1.807, 2.05) is 6.92 Å². The van der Waals surface area contributed by atoms with Crippen LogP contribution >= 0.6 is 24.0 Å². The number of hydrogen-bond donors (Lipinski definition) is 1. The third-order valence-electron chi connectivity index (χ3n) is 2.89. The molecule has 0 aliphatic rings. The molecule has 0 aliphatic heterocycles. The van der Waals surface area contributed by atoms with Crippen molar-refractivity contribution < 1.29 is 14.0 Å². The van der Waals surface area contributed by atoms with Crippen molar-refractivity contribution in [2.75, 3.05) is 14.2 Å². The highest BCUT2D eigenvalue weighted by atomic mass is 35.5. The molecule has 0 spiro atoms. The topological polar surface area (TPSA) is 83.4 Å². The van der Waals surface area contributed by atoms with Gasteiger partial charge in [0.25, 0.3) is 0 Å². The maximum Gasteiger partial charge on any atom is 0.243 e. The standard InChI is InChI=1S/C13H16ClN3O3.ClH/c1-4-9(15)13-16-12(17-20-13)7-5-8(14)11(19-3)10(6-7)18-2;/h5-6,9H,4,15H2,1-3H3;1H/t9-;/m0./s1. The van der Waals surface area contributed by atoms with Crippen LogP contribution < -0.4 is 15.2 Å². The molecule has 1 atom stereocenters. The van der Waals surface area contributed by atoms with E-state index in [1.54, 1.807) is 12.1 Å². The van der Waals surface area contributed by atoms with Gasteiger partial charge in [-0.05, 0) is 18.6 Å². The number of methoxy groups -OCH3 is 2. The van der Waals surface area contributed by atoms with Gasteiger partial charge in [-0.2, -0.15) is 4.98 Å². The molecule has 2 N–H and O–H groups in total. The molecule has 1 heterocycles. The second-order valence-electron chi connectivity index (χ2n) is 4.16. The fourth-order valence-corrected chi connectivity index (χ4v) is 2.01. The van der Waals surface area contributed by atoms with Crippen LogP contribution in [0.25, 0.3) is 11.4 Å². The number of halogens is 2. The van der Waals surface area contributed by atoms with E-state index in [9.17, 15) is 0 Å². The summed E-state index contributed by atoms with van der Waals surface area (Å²) >= 11 is 6.14. The minimum atomic E-state index is -0.271. The molecule has 0 unspecified atom stereocenters. The van der Waals surface area contributed by atoms with E-state index in [0.29, 0.717) is 40.2 Å². The maximum absolute atomic E-state index is 6.14. The lowest BCUT2D eigenvalue weighted by Crippen LogP contribution is -2.08. The van der Waals surface area contributed by atoms with Crippen molar-refractivity contribution in [2.24, 2.45) is 5.73 Å². The molecule has 2 aromatic rings. The van der Waals surface area contributed by atoms with E-state index in [0.717, 1.165) is 0 Å². The molecule has 0 bridgehead atoms. The predicted octanol–water partition coefficient (Wildman–Crippen LogP) is 3.24. The molecular weight excluding hydrogens is 317 g/mol. The number of benzene rings is 1. The monoisotopic (exact) mass is 333 g/mol. The zero-order valence-electron chi connectivity index (χ0n) is 11.9. The van der Waals surface area contributed by atoms with Gasteiger partial charge in [0.1, 0.15) is 0 Å². The Labute approximate surface area is 134 Å². The van der Waals surface area contributed by atoms with Crippen molar-refractivity contribution in [2.45, 2.75) is 19.4 Å². The Hall–Kier alpha value is -1.50. The highest BCUT2D eigenvalue weighted by Gasteiger charge is 2.17. The largest absolute Gasteiger partial charge is 0.493 e. The molecule has 6 nitrogen and oxygen atoms in total. The number of nitrogens with two attached hydrogens (primary N) is 1. The molecule has 0 saturated heterocycles. The first kappa shape index (κ1) is 17.6. The van der Waals surface area contributed by atoms with Crippen LogP contribution in [0.15, 0.2) is 16.7 Å². The lowest BCUT2D eigenvalue weighted by molar-refractivity contribution is 0.352. The molecule has 21 heavy (non-hydrogen) atoms. The van der Waals surface area contributed by atoms with E-state index < -0.39 is 0 Å². The van der Waals surface area contributed by atoms with E-state index in [2.05, 4.69) is 10.1 Å². The van der Waals surface area contributed by atoms with Crippen LogP contribution in [-0.4, -0.2) is 24.4 Å². The summed E-state index contributed by atoms with van der Waals surface area (Å²) in [6.45, 7) is 1.95. The van der Waals surface area contributed by atoms with Gasteiger partial charge in [-0.1, -0.05) is 23.7 Å². The third-order valence-corrected chi connectivity index (χ3v) is 3.17. The molecule has 0 amide bonds. The molecule has 8 heteroatoms. The summed E-state index contributed by atoms with van der Waals surface area (Å²) in [5.41, 5.74) is 6.52. The molecule has 2 rings (SSSR count). The van der Waals surface area contributed by atoms with E-state index in [4.69, 9.17) is 31.3 Å².